The third kappa shape index (κ3) is 19.4. The van der Waals surface area contributed by atoms with Crippen molar-refractivity contribution in [1.82, 2.24) is 73.1 Å². The van der Waals surface area contributed by atoms with E-state index in [9.17, 15) is 35.4 Å². The molecule has 1 aliphatic carbocycles. The Kier molecular flexibility index (Phi) is 26.3. The smallest absolute Gasteiger partial charge is 0.266 e. The molecular weight excluding hydrogens is 1690 g/mol. The van der Waals surface area contributed by atoms with Crippen LogP contribution in [0.4, 0.5) is 34.9 Å². The molecule has 0 spiro atoms. The van der Waals surface area contributed by atoms with Crippen molar-refractivity contribution in [2.45, 2.75) is 128 Å². The Morgan fingerprint density at radius 2 is 1.18 bits per heavy atom. The fourth-order valence-electron chi connectivity index (χ4n) is 15.7. The largest absolute Gasteiger partial charge is 0.384 e. The molecule has 3 saturated heterocycles. The first-order valence-corrected chi connectivity index (χ1v) is 47.6. The van der Waals surface area contributed by atoms with Gasteiger partial charge in [-0.25, -0.2) is 36.8 Å². The van der Waals surface area contributed by atoms with Gasteiger partial charge in [-0.1, -0.05) is 55.8 Å². The summed E-state index contributed by atoms with van der Waals surface area (Å²) in [6.45, 7) is 12.7. The number of sulfone groups is 2. The maximum atomic E-state index is 14.1. The third-order valence-corrected chi connectivity index (χ3v) is 31.4. The number of hydrogen-bond acceptors (Lipinski definition) is 26. The second kappa shape index (κ2) is 37.1. The van der Waals surface area contributed by atoms with Crippen molar-refractivity contribution in [3.05, 3.63) is 230 Å². The van der Waals surface area contributed by atoms with Crippen LogP contribution in [0.3, 0.4) is 0 Å². The average molecular weight is 1780 g/mol. The van der Waals surface area contributed by atoms with E-state index in [0.717, 1.165) is 132 Å². The molecule has 3 aliphatic heterocycles. The lowest BCUT2D eigenvalue weighted by atomic mass is 9.90. The summed E-state index contributed by atoms with van der Waals surface area (Å²) in [4.78, 5) is 77.3. The molecule has 3 fully saturated rings. The SMILES string of the molecule is CC(C)S(=O)c1ccsc1Cn1c(=O)c(-c2nccn2C)cc2cnc(Nc3ccc(C4CCN(C)C4)cc3)nc21.COCCS(=O)(=O)c1sncc1Cn1c(=O)c(C2=C(C)CCC2)cc2cnc(Nc3ccc(C4CCCNC4)cc3)nc21.CS(=O)(=O)c1sccc1Cn1c(=O)c(Br)cc2cnc(Nc3ccc(C4CCNCC4)cc3)nc21. The molecule has 4 aliphatic rings. The zero-order chi connectivity index (χ0) is 83.2. The van der Waals surface area contributed by atoms with Gasteiger partial charge in [0.15, 0.2) is 19.7 Å². The molecule has 0 radical (unpaired) electrons. The number of halogens is 1. The van der Waals surface area contributed by atoms with Crippen molar-refractivity contribution in [2.75, 3.05) is 88.0 Å². The normalized spacial score (nSPS) is 16.4. The quantitative estimate of drug-likeness (QED) is 0.0375. The van der Waals surface area contributed by atoms with Crippen molar-refractivity contribution < 1.29 is 25.8 Å². The molecule has 0 bridgehead atoms. The molecule has 34 heteroatoms. The minimum atomic E-state index is -3.63. The first-order valence-electron chi connectivity index (χ1n) is 39.5. The van der Waals surface area contributed by atoms with Crippen LogP contribution in [0.1, 0.15) is 128 Å². The molecule has 119 heavy (non-hydrogen) atoms. The average Bonchev–Trinajstić information content (AvgIpc) is 1.74. The number of aryl methyl sites for hydroxylation is 1. The van der Waals surface area contributed by atoms with Crippen LogP contribution < -0.4 is 43.3 Å². The van der Waals surface area contributed by atoms with Gasteiger partial charge in [-0.15, -0.1) is 22.7 Å². The number of nitrogens with one attached hydrogen (secondary N) is 5. The fraction of sp³-hybridized carbons (Fsp3) is 0.353. The van der Waals surface area contributed by atoms with E-state index in [1.54, 1.807) is 57.5 Å². The standard InChI is InChI=1S/C31H36N6O4S2.C30H33N7O2S2.C24H24BrN5O3S2/c1-20-5-3-7-26(20)27-15-23-17-33-31(35-25-10-8-21(9-11-25)22-6-4-12-32-16-22)36-28(23)37(29(27)38)19-24-18-34-42-30(24)43(39,40)14-13-41-2;1-19(2)41(39)26-10-14-40-25(26)18-37-27-22(15-24(29(37)38)28-31-11-13-36(28)4)16-32-30(34-27)33-23-7-5-20(6-8-23)21-9-12-35(3)17-21;1-35(32,33)23-17(8-11-34-23)14-30-21-18(12-20(25)22(30)31)13-27-24(29-21)28-19-4-2-15(3-5-19)16-6-9-26-10-7-16/h8-11,15,17-18,22,32H,3-7,12-14,16,19H2,1-2H3,(H,33,35,36);5-8,10-11,13-16,19,21H,9,12,17-18H2,1-4H3,(H,32,33,34);2-5,8,11-13,16,26H,6-7,9-10,14H2,1H3,(H,27,28,29). The van der Waals surface area contributed by atoms with Gasteiger partial charge < -0.3 is 40.8 Å². The number of allylic oxidation sites excluding steroid dienone is 2. The van der Waals surface area contributed by atoms with Crippen LogP contribution in [0.2, 0.25) is 0 Å². The van der Waals surface area contributed by atoms with E-state index in [-0.39, 0.29) is 62.3 Å². The lowest BCUT2D eigenvalue weighted by Gasteiger charge is -2.23. The number of hydrogen-bond donors (Lipinski definition) is 5. The summed E-state index contributed by atoms with van der Waals surface area (Å²) in [7, 11) is -2.72. The fourth-order valence-corrected chi connectivity index (χ4v) is 23.0. The third-order valence-electron chi connectivity index (χ3n) is 22.1. The molecule has 17 rings (SSSR count). The number of aromatic nitrogens is 12. The van der Waals surface area contributed by atoms with E-state index in [0.29, 0.717) is 95.9 Å². The number of benzene rings is 3. The number of nitrogens with zero attached hydrogens (tertiary/aromatic N) is 13. The second-order valence-corrected chi connectivity index (χ2v) is 40.8. The van der Waals surface area contributed by atoms with Gasteiger partial charge in [0.2, 0.25) is 17.8 Å². The lowest BCUT2D eigenvalue weighted by molar-refractivity contribution is 0.217. The number of likely N-dealkylation sites (tertiary alicyclic amines) is 1. The summed E-state index contributed by atoms with van der Waals surface area (Å²) in [5.74, 6) is 3.16. The Bertz CT molecular complexity index is 6370. The van der Waals surface area contributed by atoms with E-state index in [1.807, 2.05) is 73.4 Å². The molecule has 3 unspecified atom stereocenters. The summed E-state index contributed by atoms with van der Waals surface area (Å²) >= 11 is 6.87. The summed E-state index contributed by atoms with van der Waals surface area (Å²) in [6.07, 6.45) is 19.9. The maximum absolute atomic E-state index is 14.1. The molecule has 10 aromatic heterocycles. The number of rotatable bonds is 24. The zero-order valence-electron chi connectivity index (χ0n) is 67.0. The van der Waals surface area contributed by atoms with Crippen LogP contribution in [-0.4, -0.2) is 161 Å². The first kappa shape index (κ1) is 84.3. The van der Waals surface area contributed by atoms with Crippen molar-refractivity contribution in [1.29, 1.82) is 0 Å². The van der Waals surface area contributed by atoms with Gasteiger partial charge in [0.1, 0.15) is 31.2 Å². The Morgan fingerprint density at radius 3 is 1.72 bits per heavy atom. The molecule has 3 aromatic carbocycles. The highest BCUT2D eigenvalue weighted by molar-refractivity contribution is 9.10. The number of thiophene rings is 2. The number of methoxy groups -OCH3 is 1. The van der Waals surface area contributed by atoms with Gasteiger partial charge in [0.25, 0.3) is 16.7 Å². The van der Waals surface area contributed by atoms with Crippen molar-refractivity contribution >= 4 is 154 Å². The predicted octanol–water partition coefficient (Wildman–Crippen LogP) is 14.1. The zero-order valence-corrected chi connectivity index (χ0v) is 73.5. The Morgan fingerprint density at radius 1 is 0.613 bits per heavy atom. The van der Waals surface area contributed by atoms with Crippen molar-refractivity contribution in [3.8, 4) is 11.4 Å². The molecule has 13 heterocycles. The van der Waals surface area contributed by atoms with Gasteiger partial charge in [0, 0.05) is 131 Å². The Hall–Kier alpha value is -9.72. The molecular formula is C85H93BrN18O9S6. The van der Waals surface area contributed by atoms with Gasteiger partial charge in [-0.05, 0) is 236 Å². The highest BCUT2D eigenvalue weighted by Gasteiger charge is 2.29. The van der Waals surface area contributed by atoms with Crippen LogP contribution >= 0.6 is 50.1 Å². The van der Waals surface area contributed by atoms with E-state index < -0.39 is 30.5 Å². The van der Waals surface area contributed by atoms with E-state index in [2.05, 4.69) is 139 Å². The van der Waals surface area contributed by atoms with Gasteiger partial charge in [-0.3, -0.25) is 32.3 Å². The number of piperidine rings is 2. The van der Waals surface area contributed by atoms with E-state index in [4.69, 9.17) is 14.7 Å². The van der Waals surface area contributed by atoms with E-state index >= 15 is 0 Å². The monoisotopic (exact) mass is 1780 g/mol. The van der Waals surface area contributed by atoms with Crippen LogP contribution in [0, 0.1) is 0 Å². The van der Waals surface area contributed by atoms with Gasteiger partial charge in [-0.2, -0.15) is 19.3 Å². The highest BCUT2D eigenvalue weighted by Crippen LogP contribution is 2.37. The van der Waals surface area contributed by atoms with Crippen LogP contribution in [0.15, 0.2) is 189 Å². The topological polar surface area (TPSA) is 332 Å². The Balaban J connectivity index is 0.000000140. The molecule has 13 aromatic rings. The summed E-state index contributed by atoms with van der Waals surface area (Å²) in [6, 6.07) is 34.0. The van der Waals surface area contributed by atoms with Gasteiger partial charge in [0.05, 0.1) is 57.7 Å². The summed E-state index contributed by atoms with van der Waals surface area (Å²) < 4.78 is 80.0. The molecule has 0 amide bonds. The Labute approximate surface area is 712 Å². The molecule has 3 atom stereocenters. The molecule has 0 saturated carbocycles. The van der Waals surface area contributed by atoms with Crippen LogP contribution in [-0.2, 0) is 61.9 Å². The van der Waals surface area contributed by atoms with Crippen molar-refractivity contribution in [3.63, 3.8) is 0 Å². The number of pyridine rings is 3. The summed E-state index contributed by atoms with van der Waals surface area (Å²) in [5, 5.41) is 22.4. The van der Waals surface area contributed by atoms with Crippen LogP contribution in [0.5, 0.6) is 0 Å². The highest BCUT2D eigenvalue weighted by atomic mass is 79.9. The van der Waals surface area contributed by atoms with E-state index in [1.165, 1.54) is 77.0 Å². The number of ether oxygens (including phenoxy) is 1. The van der Waals surface area contributed by atoms with Gasteiger partial charge >= 0.3 is 0 Å². The first-order chi connectivity index (χ1) is 57.4. The minimum Gasteiger partial charge on any atom is -0.384 e. The predicted molar refractivity (Wildman–Crippen MR) is 478 cm³/mol. The molecule has 620 valence electrons. The number of likely N-dealkylation sites (N-methyl/N-ethyl adjacent to an activating group) is 1. The number of fused-ring (bicyclic) bond motifs is 3. The minimum absolute atomic E-state index is 0.0219. The second-order valence-electron chi connectivity index (χ2n) is 30.7. The molecule has 5 N–H and O–H groups in total. The molecule has 27 nitrogen and oxygen atoms in total. The number of anilines is 6. The van der Waals surface area contributed by atoms with Crippen molar-refractivity contribution in [2.24, 2.45) is 7.05 Å². The lowest BCUT2D eigenvalue weighted by Crippen LogP contribution is -2.28. The summed E-state index contributed by atoms with van der Waals surface area (Å²) in [5.41, 5.74) is 11.5. The number of imidazole rings is 1. The maximum Gasteiger partial charge on any atom is 0.266 e. The van der Waals surface area contributed by atoms with Crippen LogP contribution in [0.25, 0.3) is 50.1 Å².